The molecule has 5 heteroatoms. The van der Waals surface area contributed by atoms with E-state index < -0.39 is 5.63 Å². The fraction of sp³-hybridized carbons (Fsp3) is 0.357. The first-order chi connectivity index (χ1) is 9.20. The molecule has 0 radical (unpaired) electrons. The van der Waals surface area contributed by atoms with Gasteiger partial charge in [-0.3, -0.25) is 0 Å². The van der Waals surface area contributed by atoms with E-state index in [0.717, 1.165) is 24.6 Å². The molecule has 0 saturated heterocycles. The number of phenolic OH excluding ortho intramolecular Hbond substituents is 1. The molecule has 0 spiro atoms. The molecule has 1 aromatic carbocycles. The molecule has 0 aliphatic carbocycles. The van der Waals surface area contributed by atoms with Crippen LogP contribution in [-0.4, -0.2) is 17.0 Å². The third-order valence-electron chi connectivity index (χ3n) is 2.74. The lowest BCUT2D eigenvalue weighted by atomic mass is 10.2. The molecule has 4 nitrogen and oxygen atoms in total. The van der Waals surface area contributed by atoms with Crippen LogP contribution in [0.1, 0.15) is 19.3 Å². The molecule has 0 unspecified atom stereocenters. The first-order valence-corrected chi connectivity index (χ1v) is 7.28. The van der Waals surface area contributed by atoms with Gasteiger partial charge in [0.1, 0.15) is 5.58 Å². The Morgan fingerprint density at radius 3 is 2.84 bits per heavy atom. The van der Waals surface area contributed by atoms with Gasteiger partial charge >= 0.3 is 5.63 Å². The highest BCUT2D eigenvalue weighted by molar-refractivity contribution is 9.09. The predicted molar refractivity (Wildman–Crippen MR) is 77.3 cm³/mol. The minimum atomic E-state index is -0.415. The van der Waals surface area contributed by atoms with Crippen molar-refractivity contribution in [3.63, 3.8) is 0 Å². The Kier molecular flexibility index (Phi) is 4.85. The number of halogens is 1. The number of rotatable bonds is 6. The second-order valence-electron chi connectivity index (χ2n) is 4.21. The summed E-state index contributed by atoms with van der Waals surface area (Å²) in [6, 6.07) is 6.02. The standard InChI is InChI=1S/C14H15BrO4/c15-6-2-1-3-7-18-13-9-12-10(8-11(13)16)4-5-14(17)19-12/h4-5,8-9,16H,1-3,6-7H2. The van der Waals surface area contributed by atoms with Crippen LogP contribution in [0.5, 0.6) is 11.5 Å². The molecular weight excluding hydrogens is 312 g/mol. The van der Waals surface area contributed by atoms with Crippen molar-refractivity contribution < 1.29 is 14.3 Å². The van der Waals surface area contributed by atoms with Crippen molar-refractivity contribution in [3.8, 4) is 11.5 Å². The average Bonchev–Trinajstić information content (AvgIpc) is 2.39. The van der Waals surface area contributed by atoms with Gasteiger partial charge < -0.3 is 14.3 Å². The zero-order chi connectivity index (χ0) is 13.7. The number of aromatic hydroxyl groups is 1. The van der Waals surface area contributed by atoms with Crippen LogP contribution in [-0.2, 0) is 0 Å². The van der Waals surface area contributed by atoms with E-state index in [-0.39, 0.29) is 5.75 Å². The maximum Gasteiger partial charge on any atom is 0.336 e. The van der Waals surface area contributed by atoms with Crippen LogP contribution in [0.2, 0.25) is 0 Å². The van der Waals surface area contributed by atoms with Crippen LogP contribution in [0.4, 0.5) is 0 Å². The second-order valence-corrected chi connectivity index (χ2v) is 5.00. The van der Waals surface area contributed by atoms with E-state index in [2.05, 4.69) is 15.9 Å². The molecule has 0 amide bonds. The van der Waals surface area contributed by atoms with Crippen LogP contribution < -0.4 is 10.4 Å². The third-order valence-corrected chi connectivity index (χ3v) is 3.30. The molecule has 1 heterocycles. The summed E-state index contributed by atoms with van der Waals surface area (Å²) in [7, 11) is 0. The molecular formula is C14H15BrO4. The van der Waals surface area contributed by atoms with E-state index in [0.29, 0.717) is 23.3 Å². The molecule has 1 N–H and O–H groups in total. The van der Waals surface area contributed by atoms with Gasteiger partial charge in [-0.1, -0.05) is 15.9 Å². The maximum absolute atomic E-state index is 11.1. The SMILES string of the molecule is O=c1ccc2cc(O)c(OCCCCCBr)cc2o1. The number of ether oxygens (including phenoxy) is 1. The number of hydrogen-bond acceptors (Lipinski definition) is 4. The smallest absolute Gasteiger partial charge is 0.336 e. The van der Waals surface area contributed by atoms with Gasteiger partial charge in [0, 0.05) is 22.8 Å². The minimum absolute atomic E-state index is 0.0573. The van der Waals surface area contributed by atoms with Crippen LogP contribution in [0.15, 0.2) is 33.5 Å². The number of alkyl halides is 1. The largest absolute Gasteiger partial charge is 0.504 e. The van der Waals surface area contributed by atoms with Crippen molar-refractivity contribution in [3.05, 3.63) is 34.7 Å². The van der Waals surface area contributed by atoms with Gasteiger partial charge in [-0.2, -0.15) is 0 Å². The van der Waals surface area contributed by atoms with Crippen LogP contribution >= 0.6 is 15.9 Å². The van der Waals surface area contributed by atoms with E-state index in [4.69, 9.17) is 9.15 Å². The lowest BCUT2D eigenvalue weighted by Gasteiger charge is -2.08. The molecule has 1 aromatic heterocycles. The lowest BCUT2D eigenvalue weighted by Crippen LogP contribution is -1.99. The van der Waals surface area contributed by atoms with Crippen molar-refractivity contribution in [2.75, 3.05) is 11.9 Å². The summed E-state index contributed by atoms with van der Waals surface area (Å²) in [5, 5.41) is 11.5. The highest BCUT2D eigenvalue weighted by Crippen LogP contribution is 2.30. The maximum atomic E-state index is 11.1. The number of phenols is 1. The van der Waals surface area contributed by atoms with E-state index in [1.165, 1.54) is 12.1 Å². The summed E-state index contributed by atoms with van der Waals surface area (Å²) in [5.41, 5.74) is 0.00205. The van der Waals surface area contributed by atoms with Crippen LogP contribution in [0, 0.1) is 0 Å². The molecule has 0 fully saturated rings. The summed E-state index contributed by atoms with van der Waals surface area (Å²) in [6.07, 6.45) is 3.08. The zero-order valence-electron chi connectivity index (χ0n) is 10.4. The fourth-order valence-electron chi connectivity index (χ4n) is 1.76. The summed E-state index contributed by atoms with van der Waals surface area (Å²) >= 11 is 3.37. The number of fused-ring (bicyclic) bond motifs is 1. The van der Waals surface area contributed by atoms with Gasteiger partial charge in [-0.15, -0.1) is 0 Å². The third kappa shape index (κ3) is 3.73. The second kappa shape index (κ2) is 6.61. The normalized spacial score (nSPS) is 10.8. The van der Waals surface area contributed by atoms with E-state index in [1.54, 1.807) is 12.1 Å². The van der Waals surface area contributed by atoms with Crippen LogP contribution in [0.25, 0.3) is 11.0 Å². The summed E-state index contributed by atoms with van der Waals surface area (Å²) in [4.78, 5) is 11.1. The van der Waals surface area contributed by atoms with Gasteiger partial charge in [0.05, 0.1) is 6.61 Å². The van der Waals surface area contributed by atoms with Gasteiger partial charge in [0.15, 0.2) is 11.5 Å². The average molecular weight is 327 g/mol. The highest BCUT2D eigenvalue weighted by Gasteiger charge is 2.07. The van der Waals surface area contributed by atoms with Crippen molar-refractivity contribution in [2.24, 2.45) is 0 Å². The van der Waals surface area contributed by atoms with Gasteiger partial charge in [0.25, 0.3) is 0 Å². The zero-order valence-corrected chi connectivity index (χ0v) is 12.0. The Hall–Kier alpha value is -1.49. The first kappa shape index (κ1) is 13.9. The molecule has 0 aliphatic heterocycles. The first-order valence-electron chi connectivity index (χ1n) is 6.16. The molecule has 2 rings (SSSR count). The van der Waals surface area contributed by atoms with Crippen molar-refractivity contribution in [1.82, 2.24) is 0 Å². The predicted octanol–water partition coefficient (Wildman–Crippen LogP) is 3.44. The Morgan fingerprint density at radius 1 is 1.21 bits per heavy atom. The molecule has 0 bridgehead atoms. The van der Waals surface area contributed by atoms with Crippen molar-refractivity contribution in [2.45, 2.75) is 19.3 Å². The van der Waals surface area contributed by atoms with Gasteiger partial charge in [-0.05, 0) is 31.4 Å². The highest BCUT2D eigenvalue weighted by atomic mass is 79.9. The summed E-state index contributed by atoms with van der Waals surface area (Å²) in [5.74, 6) is 0.405. The van der Waals surface area contributed by atoms with E-state index in [9.17, 15) is 9.90 Å². The summed E-state index contributed by atoms with van der Waals surface area (Å²) < 4.78 is 10.6. The van der Waals surface area contributed by atoms with Crippen molar-refractivity contribution >= 4 is 26.9 Å². The fourth-order valence-corrected chi connectivity index (χ4v) is 2.15. The van der Waals surface area contributed by atoms with Crippen molar-refractivity contribution in [1.29, 1.82) is 0 Å². The molecule has 102 valence electrons. The molecule has 19 heavy (non-hydrogen) atoms. The van der Waals surface area contributed by atoms with Gasteiger partial charge in [0.2, 0.25) is 0 Å². The molecule has 2 aromatic rings. The molecule has 0 saturated carbocycles. The summed E-state index contributed by atoms with van der Waals surface area (Å²) in [6.45, 7) is 0.531. The van der Waals surface area contributed by atoms with E-state index >= 15 is 0 Å². The lowest BCUT2D eigenvalue weighted by molar-refractivity contribution is 0.290. The molecule has 0 aliphatic rings. The van der Waals surface area contributed by atoms with Crippen LogP contribution in [0.3, 0.4) is 0 Å². The number of benzene rings is 1. The van der Waals surface area contributed by atoms with E-state index in [1.807, 2.05) is 0 Å². The Bertz CT molecular complexity index is 606. The Balaban J connectivity index is 2.09. The Morgan fingerprint density at radius 2 is 2.05 bits per heavy atom. The number of hydrogen-bond donors (Lipinski definition) is 1. The Labute approximate surface area is 119 Å². The topological polar surface area (TPSA) is 59.7 Å². The monoisotopic (exact) mass is 326 g/mol. The quantitative estimate of drug-likeness (QED) is 0.502. The minimum Gasteiger partial charge on any atom is -0.504 e. The number of unbranched alkanes of at least 4 members (excludes halogenated alkanes) is 2. The molecule has 0 atom stereocenters. The van der Waals surface area contributed by atoms with Gasteiger partial charge in [-0.25, -0.2) is 4.79 Å².